The van der Waals surface area contributed by atoms with E-state index in [0.717, 1.165) is 12.1 Å². The number of nitrogens with zero attached hydrogens (tertiary/aromatic N) is 5. The molecule has 0 unspecified atom stereocenters. The highest BCUT2D eigenvalue weighted by Gasteiger charge is 2.34. The molecule has 0 radical (unpaired) electrons. The Hall–Kier alpha value is -2.16. The molecule has 130 valence electrons. The fraction of sp³-hybridized carbons (Fsp3) is 0.533. The molecule has 3 rings (SSSR count). The molecule has 9 heteroatoms. The Kier molecular flexibility index (Phi) is 4.70. The highest BCUT2D eigenvalue weighted by atomic mass is 19.4. The minimum atomic E-state index is -4.13. The van der Waals surface area contributed by atoms with Gasteiger partial charge in [0.15, 0.2) is 5.82 Å². The van der Waals surface area contributed by atoms with E-state index in [-0.39, 0.29) is 5.92 Å². The molecular formula is C15H19F3N6. The number of hydrogen-bond donors (Lipinski definition) is 1. The van der Waals surface area contributed by atoms with Gasteiger partial charge in [-0.15, -0.1) is 10.2 Å². The van der Waals surface area contributed by atoms with E-state index >= 15 is 0 Å². The number of likely N-dealkylation sites (tertiary alicyclic amines) is 1. The Bertz CT molecular complexity index is 667. The number of nitrogens with one attached hydrogen (secondary N) is 1. The van der Waals surface area contributed by atoms with E-state index < -0.39 is 12.7 Å². The first-order chi connectivity index (χ1) is 11.4. The summed E-state index contributed by atoms with van der Waals surface area (Å²) < 4.78 is 38.8. The maximum atomic E-state index is 12.4. The molecule has 2 aromatic heterocycles. The van der Waals surface area contributed by atoms with Crippen molar-refractivity contribution in [1.29, 1.82) is 0 Å². The first-order valence-electron chi connectivity index (χ1n) is 7.78. The lowest BCUT2D eigenvalue weighted by atomic mass is 10.1. The summed E-state index contributed by atoms with van der Waals surface area (Å²) in [6.07, 6.45) is -1.57. The van der Waals surface area contributed by atoms with Gasteiger partial charge in [-0.05, 0) is 44.0 Å². The molecule has 0 spiro atoms. The molecule has 0 bridgehead atoms. The Morgan fingerprint density at radius 1 is 1.25 bits per heavy atom. The lowest BCUT2D eigenvalue weighted by Crippen LogP contribution is -2.33. The van der Waals surface area contributed by atoms with Crippen LogP contribution in [0.2, 0.25) is 0 Å². The van der Waals surface area contributed by atoms with E-state index in [2.05, 4.69) is 20.6 Å². The SMILES string of the molecule is Cc1ccn(-c2ccc(NC[C@@H]3CCN(CC(F)(F)F)C3)nn2)n1. The van der Waals surface area contributed by atoms with Gasteiger partial charge in [0.25, 0.3) is 0 Å². The molecule has 1 fully saturated rings. The number of rotatable bonds is 5. The van der Waals surface area contributed by atoms with Gasteiger partial charge in [-0.3, -0.25) is 4.90 Å². The van der Waals surface area contributed by atoms with Gasteiger partial charge in [0.1, 0.15) is 5.82 Å². The second kappa shape index (κ2) is 6.76. The summed E-state index contributed by atoms with van der Waals surface area (Å²) in [5.41, 5.74) is 0.892. The number of halogens is 3. The lowest BCUT2D eigenvalue weighted by molar-refractivity contribution is -0.143. The third-order valence-electron chi connectivity index (χ3n) is 3.95. The number of alkyl halides is 3. The highest BCUT2D eigenvalue weighted by Crippen LogP contribution is 2.23. The van der Waals surface area contributed by atoms with Gasteiger partial charge >= 0.3 is 6.18 Å². The standard InChI is InChI=1S/C15H19F3N6/c1-11-4-7-24(22-11)14-3-2-13(20-21-14)19-8-12-5-6-23(9-12)10-15(16,17)18/h2-4,7,12H,5-6,8-10H2,1H3,(H,19,20)/t12-/m0/s1. The van der Waals surface area contributed by atoms with Crippen LogP contribution in [-0.2, 0) is 0 Å². The van der Waals surface area contributed by atoms with Gasteiger partial charge < -0.3 is 5.32 Å². The second-order valence-electron chi connectivity index (χ2n) is 6.06. The monoisotopic (exact) mass is 340 g/mol. The average Bonchev–Trinajstić information content (AvgIpc) is 3.13. The molecule has 2 aromatic rings. The van der Waals surface area contributed by atoms with Crippen molar-refractivity contribution in [2.45, 2.75) is 19.5 Å². The Balaban J connectivity index is 1.49. The Morgan fingerprint density at radius 2 is 2.08 bits per heavy atom. The van der Waals surface area contributed by atoms with Gasteiger partial charge in [-0.1, -0.05) is 0 Å². The van der Waals surface area contributed by atoms with Crippen LogP contribution in [-0.4, -0.2) is 57.2 Å². The van der Waals surface area contributed by atoms with Crippen molar-refractivity contribution in [1.82, 2.24) is 24.9 Å². The summed E-state index contributed by atoms with van der Waals surface area (Å²) >= 11 is 0. The van der Waals surface area contributed by atoms with Crippen LogP contribution in [0.1, 0.15) is 12.1 Å². The first-order valence-corrected chi connectivity index (χ1v) is 7.78. The molecule has 0 amide bonds. The van der Waals surface area contributed by atoms with Crippen molar-refractivity contribution in [3.8, 4) is 5.82 Å². The predicted molar refractivity (Wildman–Crippen MR) is 83.0 cm³/mol. The smallest absolute Gasteiger partial charge is 0.368 e. The maximum Gasteiger partial charge on any atom is 0.401 e. The first kappa shape index (κ1) is 16.7. The second-order valence-corrected chi connectivity index (χ2v) is 6.06. The summed E-state index contributed by atoms with van der Waals surface area (Å²) in [6, 6.07) is 5.47. The normalized spacial score (nSPS) is 18.9. The topological polar surface area (TPSA) is 58.9 Å². The van der Waals surface area contributed by atoms with E-state index in [1.165, 1.54) is 4.90 Å². The van der Waals surface area contributed by atoms with Gasteiger partial charge in [0.05, 0.1) is 12.2 Å². The van der Waals surface area contributed by atoms with Crippen LogP contribution in [0.15, 0.2) is 24.4 Å². The van der Waals surface area contributed by atoms with Crippen LogP contribution >= 0.6 is 0 Å². The third kappa shape index (κ3) is 4.44. The molecule has 1 aliphatic heterocycles. The van der Waals surface area contributed by atoms with Crippen molar-refractivity contribution in [3.05, 3.63) is 30.1 Å². The molecule has 0 saturated carbocycles. The summed E-state index contributed by atoms with van der Waals surface area (Å²) in [4.78, 5) is 1.45. The van der Waals surface area contributed by atoms with Crippen LogP contribution < -0.4 is 5.32 Å². The number of aromatic nitrogens is 4. The molecule has 24 heavy (non-hydrogen) atoms. The van der Waals surface area contributed by atoms with Crippen molar-refractivity contribution in [2.75, 3.05) is 31.5 Å². The summed E-state index contributed by atoms with van der Waals surface area (Å²) in [5.74, 6) is 1.41. The van der Waals surface area contributed by atoms with E-state index in [1.54, 1.807) is 23.0 Å². The zero-order valence-corrected chi connectivity index (χ0v) is 13.3. The van der Waals surface area contributed by atoms with Crippen LogP contribution in [0.5, 0.6) is 0 Å². The van der Waals surface area contributed by atoms with Crippen molar-refractivity contribution < 1.29 is 13.2 Å². The molecule has 1 saturated heterocycles. The predicted octanol–water partition coefficient (Wildman–Crippen LogP) is 2.27. The van der Waals surface area contributed by atoms with Gasteiger partial charge in [0.2, 0.25) is 0 Å². The molecule has 1 aliphatic rings. The molecule has 0 aliphatic carbocycles. The van der Waals surface area contributed by atoms with Crippen LogP contribution in [0.4, 0.5) is 19.0 Å². The summed E-state index contributed by atoms with van der Waals surface area (Å²) in [6.45, 7) is 2.58. The number of anilines is 1. The molecule has 6 nitrogen and oxygen atoms in total. The molecule has 3 heterocycles. The highest BCUT2D eigenvalue weighted by molar-refractivity contribution is 5.36. The van der Waals surface area contributed by atoms with Crippen LogP contribution in [0, 0.1) is 12.8 Å². The third-order valence-corrected chi connectivity index (χ3v) is 3.95. The zero-order chi connectivity index (χ0) is 17.2. The molecule has 1 atom stereocenters. The van der Waals surface area contributed by atoms with Gasteiger partial charge in [0, 0.05) is 19.3 Å². The average molecular weight is 340 g/mol. The molecule has 0 aromatic carbocycles. The molecular weight excluding hydrogens is 321 g/mol. The van der Waals surface area contributed by atoms with E-state index in [0.29, 0.717) is 31.3 Å². The summed E-state index contributed by atoms with van der Waals surface area (Å²) in [5, 5.41) is 15.6. The van der Waals surface area contributed by atoms with Crippen molar-refractivity contribution in [3.63, 3.8) is 0 Å². The van der Waals surface area contributed by atoms with Crippen LogP contribution in [0.3, 0.4) is 0 Å². The van der Waals surface area contributed by atoms with Gasteiger partial charge in [-0.25, -0.2) is 4.68 Å². The van der Waals surface area contributed by atoms with E-state index in [1.807, 2.05) is 13.0 Å². The Morgan fingerprint density at radius 3 is 2.71 bits per heavy atom. The summed E-state index contributed by atoms with van der Waals surface area (Å²) in [7, 11) is 0. The van der Waals surface area contributed by atoms with E-state index in [4.69, 9.17) is 0 Å². The minimum absolute atomic E-state index is 0.183. The number of aryl methyl sites for hydroxylation is 1. The Labute approximate surface area is 137 Å². The fourth-order valence-corrected chi connectivity index (χ4v) is 2.81. The minimum Gasteiger partial charge on any atom is -0.368 e. The largest absolute Gasteiger partial charge is 0.401 e. The fourth-order valence-electron chi connectivity index (χ4n) is 2.81. The van der Waals surface area contributed by atoms with E-state index in [9.17, 15) is 13.2 Å². The lowest BCUT2D eigenvalue weighted by Gasteiger charge is -2.18. The number of hydrogen-bond acceptors (Lipinski definition) is 5. The molecule has 1 N–H and O–H groups in total. The van der Waals surface area contributed by atoms with Crippen molar-refractivity contribution >= 4 is 5.82 Å². The maximum absolute atomic E-state index is 12.4. The van der Waals surface area contributed by atoms with Gasteiger partial charge in [-0.2, -0.15) is 18.3 Å². The zero-order valence-electron chi connectivity index (χ0n) is 13.3. The quantitative estimate of drug-likeness (QED) is 0.905. The van der Waals surface area contributed by atoms with Crippen molar-refractivity contribution in [2.24, 2.45) is 5.92 Å². The van der Waals surface area contributed by atoms with Crippen LogP contribution in [0.25, 0.3) is 5.82 Å².